The van der Waals surface area contributed by atoms with E-state index in [1.807, 2.05) is 0 Å². The van der Waals surface area contributed by atoms with Crippen LogP contribution < -0.4 is 0 Å². The Kier molecular flexibility index (Phi) is 7.56. The molecule has 0 unspecified atom stereocenters. The second-order valence-corrected chi connectivity index (χ2v) is 3.47. The van der Waals surface area contributed by atoms with Gasteiger partial charge in [0, 0.05) is 6.42 Å². The van der Waals surface area contributed by atoms with Gasteiger partial charge in [0.25, 0.3) is 0 Å². The standard InChI is InChI=1S/C11H19O2/c1-3-4-5-6-7-8-11(13)10(2)9-12/h10H,3-8H2,1-2H3/t10-/m1/s1. The first-order valence-electron chi connectivity index (χ1n) is 5.12. The lowest BCUT2D eigenvalue weighted by Gasteiger charge is -2.01. The second kappa shape index (κ2) is 7.96. The van der Waals surface area contributed by atoms with Crippen molar-refractivity contribution in [2.75, 3.05) is 0 Å². The van der Waals surface area contributed by atoms with E-state index >= 15 is 0 Å². The Morgan fingerprint density at radius 1 is 1.23 bits per heavy atom. The van der Waals surface area contributed by atoms with Gasteiger partial charge in [0.05, 0.1) is 5.92 Å². The second-order valence-electron chi connectivity index (χ2n) is 3.47. The molecule has 0 aliphatic carbocycles. The van der Waals surface area contributed by atoms with Crippen LogP contribution in [0.15, 0.2) is 0 Å². The van der Waals surface area contributed by atoms with Crippen LogP contribution in [-0.2, 0) is 9.59 Å². The van der Waals surface area contributed by atoms with Crippen LogP contribution in [0.4, 0.5) is 0 Å². The highest BCUT2D eigenvalue weighted by Gasteiger charge is 2.11. The van der Waals surface area contributed by atoms with Crippen LogP contribution in [-0.4, -0.2) is 12.1 Å². The smallest absolute Gasteiger partial charge is 0.209 e. The maximum absolute atomic E-state index is 11.1. The Morgan fingerprint density at radius 3 is 2.38 bits per heavy atom. The molecule has 0 fully saturated rings. The van der Waals surface area contributed by atoms with E-state index in [1.165, 1.54) is 19.3 Å². The summed E-state index contributed by atoms with van der Waals surface area (Å²) in [6.07, 6.45) is 7.93. The molecule has 0 spiro atoms. The maximum Gasteiger partial charge on any atom is 0.209 e. The largest absolute Gasteiger partial charge is 0.299 e. The number of Topliss-reactive ketones (excluding diaryl/α,β-unsaturated/α-hetero) is 1. The predicted molar refractivity (Wildman–Crippen MR) is 53.2 cm³/mol. The van der Waals surface area contributed by atoms with Crippen LogP contribution in [0.25, 0.3) is 0 Å². The molecule has 1 radical (unpaired) electrons. The minimum atomic E-state index is -0.522. The summed E-state index contributed by atoms with van der Waals surface area (Å²) in [6.45, 7) is 3.77. The zero-order valence-corrected chi connectivity index (χ0v) is 8.64. The number of carbonyl (C=O) groups excluding carboxylic acids is 2. The molecule has 0 N–H and O–H groups in total. The van der Waals surface area contributed by atoms with Gasteiger partial charge in [0.1, 0.15) is 5.78 Å². The normalized spacial score (nSPS) is 12.5. The van der Waals surface area contributed by atoms with Crippen LogP contribution in [0.1, 0.15) is 52.4 Å². The molecule has 0 aliphatic heterocycles. The Bertz CT molecular complexity index is 152. The highest BCUT2D eigenvalue weighted by Crippen LogP contribution is 2.07. The van der Waals surface area contributed by atoms with Gasteiger partial charge >= 0.3 is 0 Å². The Morgan fingerprint density at radius 2 is 1.85 bits per heavy atom. The summed E-state index contributed by atoms with van der Waals surface area (Å²) < 4.78 is 0. The molecule has 0 rings (SSSR count). The van der Waals surface area contributed by atoms with Crippen LogP contribution >= 0.6 is 0 Å². The van der Waals surface area contributed by atoms with Crippen molar-refractivity contribution in [1.82, 2.24) is 0 Å². The molecule has 0 heterocycles. The molecule has 2 heteroatoms. The molecule has 13 heavy (non-hydrogen) atoms. The summed E-state index contributed by atoms with van der Waals surface area (Å²) in [5, 5.41) is 0. The monoisotopic (exact) mass is 183 g/mol. The van der Waals surface area contributed by atoms with E-state index in [0.29, 0.717) is 6.42 Å². The molecule has 2 nitrogen and oxygen atoms in total. The Hall–Kier alpha value is -0.660. The van der Waals surface area contributed by atoms with Gasteiger partial charge in [-0.05, 0) is 13.3 Å². The number of hydrogen-bond acceptors (Lipinski definition) is 2. The number of rotatable bonds is 8. The fourth-order valence-electron chi connectivity index (χ4n) is 1.19. The molecule has 0 aliphatic rings. The third-order valence-corrected chi connectivity index (χ3v) is 2.19. The minimum absolute atomic E-state index is 0.0338. The van der Waals surface area contributed by atoms with E-state index in [9.17, 15) is 9.59 Å². The Balaban J connectivity index is 3.32. The molecule has 0 aromatic carbocycles. The first kappa shape index (κ1) is 12.3. The van der Waals surface area contributed by atoms with E-state index in [-0.39, 0.29) is 5.78 Å². The van der Waals surface area contributed by atoms with Crippen LogP contribution in [0.5, 0.6) is 0 Å². The van der Waals surface area contributed by atoms with Crippen LogP contribution in [0.3, 0.4) is 0 Å². The first-order chi connectivity index (χ1) is 6.22. The van der Waals surface area contributed by atoms with E-state index in [2.05, 4.69) is 6.92 Å². The highest BCUT2D eigenvalue weighted by molar-refractivity contribution is 5.92. The summed E-state index contributed by atoms with van der Waals surface area (Å²) in [7, 11) is 0. The predicted octanol–water partition coefficient (Wildman–Crippen LogP) is 2.66. The van der Waals surface area contributed by atoms with Crippen molar-refractivity contribution in [3.05, 3.63) is 0 Å². The lowest BCUT2D eigenvalue weighted by atomic mass is 10.0. The third-order valence-electron chi connectivity index (χ3n) is 2.19. The molecule has 0 saturated carbocycles. The maximum atomic E-state index is 11.1. The zero-order valence-electron chi connectivity index (χ0n) is 8.64. The van der Waals surface area contributed by atoms with Crippen molar-refractivity contribution in [2.24, 2.45) is 5.92 Å². The van der Waals surface area contributed by atoms with Gasteiger partial charge in [-0.2, -0.15) is 0 Å². The number of ketones is 1. The molecule has 75 valence electrons. The van der Waals surface area contributed by atoms with Crippen LogP contribution in [0.2, 0.25) is 0 Å². The zero-order chi connectivity index (χ0) is 10.1. The lowest BCUT2D eigenvalue weighted by Crippen LogP contribution is -2.11. The van der Waals surface area contributed by atoms with E-state index in [0.717, 1.165) is 12.8 Å². The fourth-order valence-corrected chi connectivity index (χ4v) is 1.19. The van der Waals surface area contributed by atoms with Crippen molar-refractivity contribution in [3.63, 3.8) is 0 Å². The van der Waals surface area contributed by atoms with E-state index < -0.39 is 5.92 Å². The summed E-state index contributed by atoms with van der Waals surface area (Å²) in [4.78, 5) is 21.3. The van der Waals surface area contributed by atoms with E-state index in [4.69, 9.17) is 0 Å². The van der Waals surface area contributed by atoms with Gasteiger partial charge in [0.15, 0.2) is 0 Å². The van der Waals surface area contributed by atoms with Crippen molar-refractivity contribution in [1.29, 1.82) is 0 Å². The van der Waals surface area contributed by atoms with Gasteiger partial charge in [0.2, 0.25) is 6.29 Å². The quantitative estimate of drug-likeness (QED) is 0.428. The van der Waals surface area contributed by atoms with Crippen LogP contribution in [0, 0.1) is 5.92 Å². The third kappa shape index (κ3) is 6.50. The fraction of sp³-hybridized carbons (Fsp3) is 0.818. The van der Waals surface area contributed by atoms with Gasteiger partial charge in [-0.15, -0.1) is 0 Å². The Labute approximate surface area is 80.7 Å². The van der Waals surface area contributed by atoms with Gasteiger partial charge < -0.3 is 0 Å². The van der Waals surface area contributed by atoms with Crippen molar-refractivity contribution in [2.45, 2.75) is 52.4 Å². The lowest BCUT2D eigenvalue weighted by molar-refractivity contribution is -0.120. The van der Waals surface area contributed by atoms with Gasteiger partial charge in [-0.25, -0.2) is 0 Å². The SMILES string of the molecule is CCCCCCCC(=O)[C@H](C)[C]=O. The molecule has 0 aromatic heterocycles. The van der Waals surface area contributed by atoms with Crippen molar-refractivity contribution >= 4 is 12.1 Å². The first-order valence-corrected chi connectivity index (χ1v) is 5.12. The number of carbonyl (C=O) groups is 1. The summed E-state index contributed by atoms with van der Waals surface area (Å²) in [5.41, 5.74) is 0. The summed E-state index contributed by atoms with van der Waals surface area (Å²) in [5.74, 6) is -0.488. The summed E-state index contributed by atoms with van der Waals surface area (Å²) >= 11 is 0. The molecular formula is C11H19O2. The number of hydrogen-bond donors (Lipinski definition) is 0. The minimum Gasteiger partial charge on any atom is -0.299 e. The van der Waals surface area contributed by atoms with E-state index in [1.54, 1.807) is 13.2 Å². The van der Waals surface area contributed by atoms with Crippen molar-refractivity contribution in [3.8, 4) is 0 Å². The molecule has 0 saturated heterocycles. The molecule has 0 bridgehead atoms. The molecule has 0 aromatic rings. The molecular weight excluding hydrogens is 164 g/mol. The number of unbranched alkanes of at least 4 members (excludes halogenated alkanes) is 4. The van der Waals surface area contributed by atoms with Crippen molar-refractivity contribution < 1.29 is 9.59 Å². The van der Waals surface area contributed by atoms with Gasteiger partial charge in [-0.3, -0.25) is 9.59 Å². The molecule has 0 amide bonds. The molecule has 1 atom stereocenters. The van der Waals surface area contributed by atoms with Gasteiger partial charge in [-0.1, -0.05) is 32.6 Å². The average molecular weight is 183 g/mol. The highest BCUT2D eigenvalue weighted by atomic mass is 16.1. The average Bonchev–Trinajstić information content (AvgIpc) is 2.16. The topological polar surface area (TPSA) is 34.1 Å². The summed E-state index contributed by atoms with van der Waals surface area (Å²) in [6, 6.07) is 0.